The summed E-state index contributed by atoms with van der Waals surface area (Å²) in [6.45, 7) is 6.72. The van der Waals surface area contributed by atoms with Gasteiger partial charge in [0.15, 0.2) is 5.96 Å². The van der Waals surface area contributed by atoms with E-state index in [2.05, 4.69) is 32.8 Å². The van der Waals surface area contributed by atoms with E-state index >= 15 is 0 Å². The molecule has 150 valence electrons. The van der Waals surface area contributed by atoms with Crippen molar-refractivity contribution in [1.29, 1.82) is 0 Å². The van der Waals surface area contributed by atoms with Crippen molar-refractivity contribution in [1.82, 2.24) is 20.9 Å². The van der Waals surface area contributed by atoms with E-state index in [0.717, 1.165) is 31.9 Å². The Balaban J connectivity index is 1.67. The van der Waals surface area contributed by atoms with Crippen LogP contribution < -0.4 is 16.0 Å². The molecular weight excluding hydrogens is 385 g/mol. The summed E-state index contributed by atoms with van der Waals surface area (Å²) in [5, 5.41) is 10.4. The van der Waals surface area contributed by atoms with Crippen molar-refractivity contribution in [2.45, 2.75) is 32.2 Å². The first-order valence-corrected chi connectivity index (χ1v) is 10.2. The van der Waals surface area contributed by atoms with E-state index in [4.69, 9.17) is 23.2 Å². The van der Waals surface area contributed by atoms with Crippen molar-refractivity contribution in [2.75, 3.05) is 39.8 Å². The molecule has 0 aliphatic carbocycles. The van der Waals surface area contributed by atoms with Crippen LogP contribution in [0.15, 0.2) is 23.2 Å². The van der Waals surface area contributed by atoms with Gasteiger partial charge in [0.05, 0.1) is 10.0 Å². The molecule has 3 N–H and O–H groups in total. The molecule has 1 aliphatic rings. The van der Waals surface area contributed by atoms with Crippen LogP contribution in [0.5, 0.6) is 0 Å². The number of carbonyl (C=O) groups excluding carboxylic acids is 1. The number of benzene rings is 1. The van der Waals surface area contributed by atoms with Crippen molar-refractivity contribution in [2.24, 2.45) is 4.99 Å². The minimum atomic E-state index is -0.179. The van der Waals surface area contributed by atoms with Crippen LogP contribution in [0.4, 0.5) is 0 Å². The summed E-state index contributed by atoms with van der Waals surface area (Å²) in [4.78, 5) is 18.9. The maximum Gasteiger partial charge on any atom is 0.251 e. The number of amides is 1. The molecule has 1 amide bonds. The number of hydrogen-bond donors (Lipinski definition) is 3. The Morgan fingerprint density at radius 3 is 2.52 bits per heavy atom. The Labute approximate surface area is 171 Å². The van der Waals surface area contributed by atoms with Crippen LogP contribution in [-0.4, -0.2) is 62.6 Å². The predicted molar refractivity (Wildman–Crippen MR) is 113 cm³/mol. The van der Waals surface area contributed by atoms with Gasteiger partial charge in [-0.1, -0.05) is 30.1 Å². The number of aliphatic imine (C=N–C) groups is 1. The maximum atomic E-state index is 12.1. The van der Waals surface area contributed by atoms with E-state index < -0.39 is 0 Å². The number of guanidine groups is 1. The van der Waals surface area contributed by atoms with Crippen molar-refractivity contribution in [3.8, 4) is 0 Å². The quantitative estimate of drug-likeness (QED) is 0.365. The normalized spacial score (nSPS) is 16.2. The second-order valence-corrected chi connectivity index (χ2v) is 7.46. The predicted octanol–water partition coefficient (Wildman–Crippen LogP) is 2.76. The monoisotopic (exact) mass is 413 g/mol. The number of nitrogens with zero attached hydrogens (tertiary/aromatic N) is 2. The largest absolute Gasteiger partial charge is 0.355 e. The summed E-state index contributed by atoms with van der Waals surface area (Å²) in [5.41, 5.74) is 0.491. The van der Waals surface area contributed by atoms with Crippen LogP contribution in [0, 0.1) is 0 Å². The summed E-state index contributed by atoms with van der Waals surface area (Å²) in [6.07, 6.45) is 3.44. The van der Waals surface area contributed by atoms with E-state index in [-0.39, 0.29) is 5.91 Å². The highest BCUT2D eigenvalue weighted by atomic mass is 35.5. The van der Waals surface area contributed by atoms with E-state index in [9.17, 15) is 4.79 Å². The zero-order valence-electron chi connectivity index (χ0n) is 16.0. The van der Waals surface area contributed by atoms with Crippen LogP contribution in [-0.2, 0) is 0 Å². The Hall–Kier alpha value is -1.50. The first-order valence-electron chi connectivity index (χ1n) is 9.46. The maximum absolute atomic E-state index is 12.1. The highest BCUT2D eigenvalue weighted by molar-refractivity contribution is 6.42. The Morgan fingerprint density at radius 1 is 1.19 bits per heavy atom. The molecule has 0 saturated carbocycles. The first-order chi connectivity index (χ1) is 13.0. The smallest absolute Gasteiger partial charge is 0.251 e. The van der Waals surface area contributed by atoms with Gasteiger partial charge in [-0.25, -0.2) is 0 Å². The number of piperidine rings is 1. The molecule has 1 fully saturated rings. The fourth-order valence-electron chi connectivity index (χ4n) is 3.10. The van der Waals surface area contributed by atoms with E-state index in [1.54, 1.807) is 25.2 Å². The fraction of sp³-hybridized carbons (Fsp3) is 0.579. The van der Waals surface area contributed by atoms with Crippen LogP contribution in [0.1, 0.15) is 36.5 Å². The molecule has 1 heterocycles. The van der Waals surface area contributed by atoms with Gasteiger partial charge in [0.1, 0.15) is 0 Å². The average Bonchev–Trinajstić information content (AvgIpc) is 2.67. The molecule has 1 aromatic rings. The zero-order chi connectivity index (χ0) is 19.6. The minimum Gasteiger partial charge on any atom is -0.355 e. The second kappa shape index (κ2) is 11.4. The molecule has 0 unspecified atom stereocenters. The topological polar surface area (TPSA) is 68.8 Å². The summed E-state index contributed by atoms with van der Waals surface area (Å²) in [7, 11) is 1.76. The van der Waals surface area contributed by atoms with E-state index in [0.29, 0.717) is 34.7 Å². The molecule has 2 rings (SSSR count). The van der Waals surface area contributed by atoms with Gasteiger partial charge in [-0.15, -0.1) is 0 Å². The molecule has 1 saturated heterocycles. The van der Waals surface area contributed by atoms with E-state index in [1.807, 2.05) is 0 Å². The minimum absolute atomic E-state index is 0.179. The Morgan fingerprint density at radius 2 is 1.89 bits per heavy atom. The third-order valence-corrected chi connectivity index (χ3v) is 5.32. The average molecular weight is 414 g/mol. The number of halogens is 2. The van der Waals surface area contributed by atoms with Gasteiger partial charge < -0.3 is 20.9 Å². The Kier molecular flexibility index (Phi) is 9.18. The lowest BCUT2D eigenvalue weighted by molar-refractivity contribution is 0.0954. The highest BCUT2D eigenvalue weighted by Gasteiger charge is 2.19. The van der Waals surface area contributed by atoms with Gasteiger partial charge in [-0.05, 0) is 44.0 Å². The molecule has 0 atom stereocenters. The van der Waals surface area contributed by atoms with Gasteiger partial charge in [0, 0.05) is 44.8 Å². The number of nitrogens with one attached hydrogen (secondary N) is 3. The van der Waals surface area contributed by atoms with Gasteiger partial charge in [0.2, 0.25) is 0 Å². The van der Waals surface area contributed by atoms with Gasteiger partial charge in [-0.3, -0.25) is 9.79 Å². The lowest BCUT2D eigenvalue weighted by Gasteiger charge is -2.32. The summed E-state index contributed by atoms with van der Waals surface area (Å²) < 4.78 is 0. The van der Waals surface area contributed by atoms with Gasteiger partial charge >= 0.3 is 0 Å². The summed E-state index contributed by atoms with van der Waals surface area (Å²) >= 11 is 11.8. The molecule has 0 bridgehead atoms. The third-order valence-electron chi connectivity index (χ3n) is 4.58. The van der Waals surface area contributed by atoms with Crippen LogP contribution in [0.25, 0.3) is 0 Å². The summed E-state index contributed by atoms with van der Waals surface area (Å²) in [5.74, 6) is 0.592. The van der Waals surface area contributed by atoms with Crippen LogP contribution >= 0.6 is 23.2 Å². The van der Waals surface area contributed by atoms with Gasteiger partial charge in [0.25, 0.3) is 5.91 Å². The summed E-state index contributed by atoms with van der Waals surface area (Å²) in [6, 6.07) is 5.28. The highest BCUT2D eigenvalue weighted by Crippen LogP contribution is 2.22. The lowest BCUT2D eigenvalue weighted by Crippen LogP contribution is -2.49. The second-order valence-electron chi connectivity index (χ2n) is 6.64. The van der Waals surface area contributed by atoms with E-state index in [1.165, 1.54) is 13.0 Å². The molecule has 1 aliphatic heterocycles. The molecule has 0 aromatic heterocycles. The number of likely N-dealkylation sites (tertiary alicyclic amines) is 1. The SMILES string of the molecule is CCCN1CCC(NC(=NC)NCCNC(=O)c2ccc(Cl)c(Cl)c2)CC1. The van der Waals surface area contributed by atoms with Crippen molar-refractivity contribution in [3.05, 3.63) is 33.8 Å². The molecule has 8 heteroatoms. The standard InChI is InChI=1S/C19H29Cl2N5O/c1-3-10-26-11-6-15(7-12-26)25-19(22-2)24-9-8-23-18(27)14-4-5-16(20)17(21)13-14/h4-5,13,15H,3,6-12H2,1-2H3,(H,23,27)(H2,22,24,25). The molecule has 1 aromatic carbocycles. The van der Waals surface area contributed by atoms with Crippen molar-refractivity contribution < 1.29 is 4.79 Å². The number of carbonyl (C=O) groups is 1. The third kappa shape index (κ3) is 7.20. The molecule has 0 spiro atoms. The van der Waals surface area contributed by atoms with Crippen LogP contribution in [0.3, 0.4) is 0 Å². The fourth-order valence-corrected chi connectivity index (χ4v) is 3.40. The van der Waals surface area contributed by atoms with Crippen molar-refractivity contribution in [3.63, 3.8) is 0 Å². The van der Waals surface area contributed by atoms with Gasteiger partial charge in [-0.2, -0.15) is 0 Å². The molecule has 6 nitrogen and oxygen atoms in total. The van der Waals surface area contributed by atoms with Crippen LogP contribution in [0.2, 0.25) is 10.0 Å². The molecule has 0 radical (unpaired) electrons. The Bertz CT molecular complexity index is 645. The number of hydrogen-bond acceptors (Lipinski definition) is 3. The lowest BCUT2D eigenvalue weighted by atomic mass is 10.1. The first kappa shape index (κ1) is 21.8. The zero-order valence-corrected chi connectivity index (χ0v) is 17.5. The number of rotatable bonds is 7. The molecular formula is C19H29Cl2N5O. The molecule has 27 heavy (non-hydrogen) atoms. The van der Waals surface area contributed by atoms with Crippen molar-refractivity contribution >= 4 is 35.1 Å².